The van der Waals surface area contributed by atoms with Crippen molar-refractivity contribution >= 4 is 17.3 Å². The number of hydrogen-bond donors (Lipinski definition) is 0. The van der Waals surface area contributed by atoms with Crippen LogP contribution in [0.3, 0.4) is 0 Å². The average molecular weight is 224 g/mol. The molecule has 3 rings (SSSR count). The molecule has 1 aromatic heterocycles. The highest BCUT2D eigenvalue weighted by atomic mass is 35.5. The molecule has 2 unspecified atom stereocenters. The molecule has 0 bridgehead atoms. The number of halogens is 1. The van der Waals surface area contributed by atoms with Crippen molar-refractivity contribution in [1.82, 2.24) is 10.2 Å². The van der Waals surface area contributed by atoms with Crippen molar-refractivity contribution in [2.75, 3.05) is 18.0 Å². The van der Waals surface area contributed by atoms with E-state index < -0.39 is 0 Å². The highest BCUT2D eigenvalue weighted by Crippen LogP contribution is 2.39. The summed E-state index contributed by atoms with van der Waals surface area (Å²) < 4.78 is 0. The third kappa shape index (κ3) is 1.69. The monoisotopic (exact) mass is 223 g/mol. The van der Waals surface area contributed by atoms with Crippen molar-refractivity contribution < 1.29 is 0 Å². The van der Waals surface area contributed by atoms with Gasteiger partial charge in [-0.05, 0) is 24.7 Å². The molecule has 80 valence electrons. The zero-order valence-corrected chi connectivity index (χ0v) is 9.32. The standard InChI is InChI=1S/C11H14ClN3/c12-11-4-10(5-13-14-11)15-6-8-2-1-3-9(8)7-15/h4-5,8-9H,1-3,6-7H2. The van der Waals surface area contributed by atoms with Crippen LogP contribution in [-0.2, 0) is 0 Å². The van der Waals surface area contributed by atoms with Crippen LogP contribution in [0.2, 0.25) is 5.15 Å². The summed E-state index contributed by atoms with van der Waals surface area (Å²) >= 11 is 5.84. The second kappa shape index (κ2) is 3.63. The molecule has 1 aliphatic carbocycles. The van der Waals surface area contributed by atoms with Crippen LogP contribution in [0.5, 0.6) is 0 Å². The highest BCUT2D eigenvalue weighted by Gasteiger charge is 2.36. The third-order valence-corrected chi connectivity index (χ3v) is 3.89. The Morgan fingerprint density at radius 2 is 2.00 bits per heavy atom. The van der Waals surface area contributed by atoms with Gasteiger partial charge in [-0.1, -0.05) is 18.0 Å². The van der Waals surface area contributed by atoms with Gasteiger partial charge in [-0.15, -0.1) is 5.10 Å². The summed E-state index contributed by atoms with van der Waals surface area (Å²) in [6.45, 7) is 2.35. The maximum Gasteiger partial charge on any atom is 0.153 e. The van der Waals surface area contributed by atoms with Gasteiger partial charge in [0.15, 0.2) is 5.15 Å². The zero-order valence-electron chi connectivity index (χ0n) is 8.56. The summed E-state index contributed by atoms with van der Waals surface area (Å²) in [6, 6.07) is 1.91. The summed E-state index contributed by atoms with van der Waals surface area (Å²) in [7, 11) is 0. The van der Waals surface area contributed by atoms with Crippen LogP contribution in [0.1, 0.15) is 19.3 Å². The molecule has 0 N–H and O–H groups in total. The molecule has 0 aromatic carbocycles. The van der Waals surface area contributed by atoms with E-state index >= 15 is 0 Å². The van der Waals surface area contributed by atoms with E-state index in [1.165, 1.54) is 32.4 Å². The fraction of sp³-hybridized carbons (Fsp3) is 0.636. The second-order valence-corrected chi connectivity index (χ2v) is 4.98. The summed E-state index contributed by atoms with van der Waals surface area (Å²) in [5, 5.41) is 8.16. The van der Waals surface area contributed by atoms with Gasteiger partial charge in [-0.2, -0.15) is 5.10 Å². The lowest BCUT2D eigenvalue weighted by atomic mass is 10.0. The number of hydrogen-bond acceptors (Lipinski definition) is 3. The maximum atomic E-state index is 5.84. The summed E-state index contributed by atoms with van der Waals surface area (Å²) in [4.78, 5) is 2.40. The van der Waals surface area contributed by atoms with Gasteiger partial charge in [-0.3, -0.25) is 0 Å². The molecule has 2 atom stereocenters. The van der Waals surface area contributed by atoms with Crippen molar-refractivity contribution in [2.24, 2.45) is 11.8 Å². The number of nitrogens with zero attached hydrogens (tertiary/aromatic N) is 3. The molecule has 2 aliphatic rings. The molecule has 0 spiro atoms. The first-order chi connectivity index (χ1) is 7.33. The van der Waals surface area contributed by atoms with Gasteiger partial charge in [0, 0.05) is 19.2 Å². The molecule has 4 heteroatoms. The molecule has 15 heavy (non-hydrogen) atoms. The fourth-order valence-electron chi connectivity index (χ4n) is 2.95. The summed E-state index contributed by atoms with van der Waals surface area (Å²) in [6.07, 6.45) is 6.02. The van der Waals surface area contributed by atoms with E-state index in [1.807, 2.05) is 12.3 Å². The van der Waals surface area contributed by atoms with Gasteiger partial charge in [0.1, 0.15) is 0 Å². The predicted molar refractivity (Wildman–Crippen MR) is 60.1 cm³/mol. The molecule has 1 saturated heterocycles. The quantitative estimate of drug-likeness (QED) is 0.732. The lowest BCUT2D eigenvalue weighted by Gasteiger charge is -2.18. The summed E-state index contributed by atoms with van der Waals surface area (Å²) in [5.74, 6) is 1.80. The van der Waals surface area contributed by atoms with Crippen LogP contribution in [0.25, 0.3) is 0 Å². The Labute approximate surface area is 94.4 Å². The lowest BCUT2D eigenvalue weighted by molar-refractivity contribution is 0.494. The third-order valence-electron chi connectivity index (χ3n) is 3.70. The Morgan fingerprint density at radius 3 is 2.67 bits per heavy atom. The Hall–Kier alpha value is -0.830. The second-order valence-electron chi connectivity index (χ2n) is 4.59. The van der Waals surface area contributed by atoms with Crippen molar-refractivity contribution in [3.63, 3.8) is 0 Å². The largest absolute Gasteiger partial charge is 0.370 e. The fourth-order valence-corrected chi connectivity index (χ4v) is 3.11. The van der Waals surface area contributed by atoms with Gasteiger partial charge in [-0.25, -0.2) is 0 Å². The van der Waals surface area contributed by atoms with Crippen LogP contribution >= 0.6 is 11.6 Å². The molecular weight excluding hydrogens is 210 g/mol. The van der Waals surface area contributed by atoms with Gasteiger partial charge < -0.3 is 4.90 Å². The normalized spacial score (nSPS) is 29.5. The van der Waals surface area contributed by atoms with E-state index in [0.717, 1.165) is 17.5 Å². The van der Waals surface area contributed by atoms with Crippen LogP contribution in [0.15, 0.2) is 12.3 Å². The summed E-state index contributed by atoms with van der Waals surface area (Å²) in [5.41, 5.74) is 1.13. The Balaban J connectivity index is 1.79. The molecule has 0 radical (unpaired) electrons. The van der Waals surface area contributed by atoms with Crippen LogP contribution in [-0.4, -0.2) is 23.3 Å². The molecule has 2 heterocycles. The van der Waals surface area contributed by atoms with Crippen LogP contribution in [0.4, 0.5) is 5.69 Å². The van der Waals surface area contributed by atoms with Gasteiger partial charge in [0.25, 0.3) is 0 Å². The van der Waals surface area contributed by atoms with E-state index in [9.17, 15) is 0 Å². The molecule has 1 aromatic rings. The van der Waals surface area contributed by atoms with Crippen molar-refractivity contribution in [2.45, 2.75) is 19.3 Å². The Morgan fingerprint density at radius 1 is 1.27 bits per heavy atom. The topological polar surface area (TPSA) is 29.0 Å². The van der Waals surface area contributed by atoms with E-state index in [1.54, 1.807) is 0 Å². The first-order valence-corrected chi connectivity index (χ1v) is 5.94. The minimum atomic E-state index is 0.490. The molecule has 2 fully saturated rings. The number of fused-ring (bicyclic) bond motifs is 1. The predicted octanol–water partition coefficient (Wildman–Crippen LogP) is 2.37. The zero-order chi connectivity index (χ0) is 10.3. The van der Waals surface area contributed by atoms with E-state index in [-0.39, 0.29) is 0 Å². The van der Waals surface area contributed by atoms with Crippen molar-refractivity contribution in [1.29, 1.82) is 0 Å². The number of aromatic nitrogens is 2. The Kier molecular flexibility index (Phi) is 2.28. The van der Waals surface area contributed by atoms with Gasteiger partial charge in [0.2, 0.25) is 0 Å². The van der Waals surface area contributed by atoms with Crippen molar-refractivity contribution in [3.05, 3.63) is 17.4 Å². The number of rotatable bonds is 1. The minimum absolute atomic E-state index is 0.490. The minimum Gasteiger partial charge on any atom is -0.370 e. The molecule has 3 nitrogen and oxygen atoms in total. The van der Waals surface area contributed by atoms with Gasteiger partial charge in [0.05, 0.1) is 11.9 Å². The molecule has 1 aliphatic heterocycles. The first-order valence-electron chi connectivity index (χ1n) is 5.56. The van der Waals surface area contributed by atoms with Crippen LogP contribution in [0, 0.1) is 11.8 Å². The molecule has 0 amide bonds. The van der Waals surface area contributed by atoms with E-state index in [2.05, 4.69) is 15.1 Å². The van der Waals surface area contributed by atoms with Crippen molar-refractivity contribution in [3.8, 4) is 0 Å². The SMILES string of the molecule is Clc1cc(N2CC3CCCC3C2)cnn1. The highest BCUT2D eigenvalue weighted by molar-refractivity contribution is 6.29. The molecule has 1 saturated carbocycles. The first kappa shape index (κ1) is 9.40. The maximum absolute atomic E-state index is 5.84. The Bertz CT molecular complexity index is 357. The smallest absolute Gasteiger partial charge is 0.153 e. The molecular formula is C11H14ClN3. The van der Waals surface area contributed by atoms with E-state index in [4.69, 9.17) is 11.6 Å². The number of anilines is 1. The average Bonchev–Trinajstić information content (AvgIpc) is 2.76. The lowest BCUT2D eigenvalue weighted by Crippen LogP contribution is -2.20. The van der Waals surface area contributed by atoms with Crippen LogP contribution < -0.4 is 4.90 Å². The van der Waals surface area contributed by atoms with E-state index in [0.29, 0.717) is 5.15 Å². The van der Waals surface area contributed by atoms with Gasteiger partial charge >= 0.3 is 0 Å².